The zero-order valence-corrected chi connectivity index (χ0v) is 19.1. The van der Waals surface area contributed by atoms with Crippen LogP contribution in [0, 0.1) is 46.1 Å². The molecular formula is C27H24F2N4O2. The van der Waals surface area contributed by atoms with Crippen LogP contribution in [0.5, 0.6) is 0 Å². The first kappa shape index (κ1) is 23.0. The molecule has 1 atom stereocenters. The fourth-order valence-electron chi connectivity index (χ4n) is 5.38. The number of hydrogen-bond donors (Lipinski definition) is 0. The van der Waals surface area contributed by atoms with Gasteiger partial charge < -0.3 is 4.57 Å². The number of carbonyl (C=O) groups excluding carboxylic acids is 1. The molecule has 1 saturated carbocycles. The molecule has 1 amide bonds. The Morgan fingerprint density at radius 2 is 1.74 bits per heavy atom. The van der Waals surface area contributed by atoms with Crippen molar-refractivity contribution >= 4 is 16.8 Å². The van der Waals surface area contributed by atoms with E-state index in [1.807, 2.05) is 22.9 Å². The molecule has 1 aliphatic heterocycles. The van der Waals surface area contributed by atoms with Gasteiger partial charge in [0.15, 0.2) is 0 Å². The summed E-state index contributed by atoms with van der Waals surface area (Å²) >= 11 is 0. The van der Waals surface area contributed by atoms with E-state index in [-0.39, 0.29) is 17.4 Å². The molecule has 1 aromatic heterocycles. The Hall–Kier alpha value is -3.75. The summed E-state index contributed by atoms with van der Waals surface area (Å²) < 4.78 is 30.2. The first-order valence-electron chi connectivity index (χ1n) is 11.8. The second-order valence-corrected chi connectivity index (χ2v) is 9.38. The molecule has 1 saturated heterocycles. The standard InChI is InChI=1S/C27H24F2N4O2/c28-22-10-18(14-30)9-21(13-22)25-6-8-35-33(25)27(34)20-3-1-17(2-4-20)16-32-7-5-23-24(29)11-19(15-31)12-26(23)32/h5,7,9-13,17,20,25H,1-4,6,8,16H2/t17-,20-,25-/m0/s1. The van der Waals surface area contributed by atoms with Crippen LogP contribution in [-0.2, 0) is 16.2 Å². The molecule has 1 aliphatic carbocycles. The van der Waals surface area contributed by atoms with Gasteiger partial charge in [-0.3, -0.25) is 9.63 Å². The number of hydroxylamine groups is 2. The van der Waals surface area contributed by atoms with Crippen molar-refractivity contribution in [3.05, 3.63) is 70.9 Å². The van der Waals surface area contributed by atoms with E-state index in [1.165, 1.54) is 23.3 Å². The van der Waals surface area contributed by atoms with E-state index in [9.17, 15) is 13.6 Å². The number of nitriles is 2. The van der Waals surface area contributed by atoms with Gasteiger partial charge in [0.25, 0.3) is 0 Å². The van der Waals surface area contributed by atoms with Gasteiger partial charge in [0, 0.05) is 30.5 Å². The number of amides is 1. The first-order chi connectivity index (χ1) is 17.0. The minimum absolute atomic E-state index is 0.0964. The van der Waals surface area contributed by atoms with Crippen LogP contribution in [0.4, 0.5) is 8.78 Å². The molecule has 6 nitrogen and oxygen atoms in total. The van der Waals surface area contributed by atoms with Crippen molar-refractivity contribution in [2.24, 2.45) is 11.8 Å². The number of fused-ring (bicyclic) bond motifs is 1. The van der Waals surface area contributed by atoms with Crippen molar-refractivity contribution in [2.45, 2.75) is 44.7 Å². The van der Waals surface area contributed by atoms with Gasteiger partial charge in [-0.1, -0.05) is 0 Å². The Bertz CT molecular complexity index is 1360. The molecule has 0 unspecified atom stereocenters. The molecule has 5 rings (SSSR count). The van der Waals surface area contributed by atoms with Crippen LogP contribution in [0.3, 0.4) is 0 Å². The SMILES string of the molecule is N#Cc1cc(F)cc([C@@H]2CCON2C(=O)[C@H]2CC[C@H](Cn3ccc4c(F)cc(C#N)cc43)CC2)c1. The van der Waals surface area contributed by atoms with E-state index in [1.54, 1.807) is 18.2 Å². The fourth-order valence-corrected chi connectivity index (χ4v) is 5.38. The number of halogens is 2. The molecular weight excluding hydrogens is 450 g/mol. The zero-order chi connectivity index (χ0) is 24.5. The Kier molecular flexibility index (Phi) is 6.23. The lowest BCUT2D eigenvalue weighted by atomic mass is 9.81. The summed E-state index contributed by atoms with van der Waals surface area (Å²) in [4.78, 5) is 18.9. The highest BCUT2D eigenvalue weighted by Crippen LogP contribution is 2.37. The number of carbonyl (C=O) groups is 1. The van der Waals surface area contributed by atoms with E-state index in [2.05, 4.69) is 0 Å². The van der Waals surface area contributed by atoms with E-state index < -0.39 is 17.7 Å². The van der Waals surface area contributed by atoms with Crippen LogP contribution in [-0.4, -0.2) is 22.1 Å². The van der Waals surface area contributed by atoms with E-state index in [0.29, 0.717) is 60.4 Å². The lowest BCUT2D eigenvalue weighted by molar-refractivity contribution is -0.183. The molecule has 0 bridgehead atoms. The van der Waals surface area contributed by atoms with Gasteiger partial charge >= 0.3 is 0 Å². The Labute approximate surface area is 201 Å². The summed E-state index contributed by atoms with van der Waals surface area (Å²) in [5.74, 6) is -0.841. The predicted octanol–water partition coefficient (Wildman–Crippen LogP) is 5.37. The maximum Gasteiger partial charge on any atom is 0.249 e. The molecule has 0 N–H and O–H groups in total. The van der Waals surface area contributed by atoms with Gasteiger partial charge in [-0.25, -0.2) is 13.8 Å². The maximum atomic E-state index is 14.3. The van der Waals surface area contributed by atoms with Crippen LogP contribution in [0.1, 0.15) is 54.8 Å². The third-order valence-electron chi connectivity index (χ3n) is 7.17. The van der Waals surface area contributed by atoms with Crippen LogP contribution in [0.25, 0.3) is 10.9 Å². The van der Waals surface area contributed by atoms with Crippen LogP contribution < -0.4 is 0 Å². The summed E-state index contributed by atoms with van der Waals surface area (Å²) in [6, 6.07) is 12.4. The highest BCUT2D eigenvalue weighted by atomic mass is 19.1. The van der Waals surface area contributed by atoms with Gasteiger partial charge in [0.05, 0.1) is 41.4 Å². The molecule has 3 aromatic rings. The molecule has 0 spiro atoms. The van der Waals surface area contributed by atoms with Crippen molar-refractivity contribution in [3.8, 4) is 12.1 Å². The van der Waals surface area contributed by atoms with Crippen LogP contribution >= 0.6 is 0 Å². The number of hydrogen-bond acceptors (Lipinski definition) is 4. The van der Waals surface area contributed by atoms with Crippen molar-refractivity contribution in [2.75, 3.05) is 6.61 Å². The van der Waals surface area contributed by atoms with Crippen LogP contribution in [0.2, 0.25) is 0 Å². The number of rotatable bonds is 4. The van der Waals surface area contributed by atoms with Crippen LogP contribution in [0.15, 0.2) is 42.6 Å². The predicted molar refractivity (Wildman–Crippen MR) is 123 cm³/mol. The van der Waals surface area contributed by atoms with Gasteiger partial charge in [-0.05, 0) is 73.6 Å². The summed E-state index contributed by atoms with van der Waals surface area (Å²) in [6.45, 7) is 1.06. The first-order valence-corrected chi connectivity index (χ1v) is 11.8. The molecule has 8 heteroatoms. The summed E-state index contributed by atoms with van der Waals surface area (Å²) in [7, 11) is 0. The third-order valence-corrected chi connectivity index (χ3v) is 7.17. The molecule has 178 valence electrons. The lowest BCUT2D eigenvalue weighted by Gasteiger charge is -2.32. The summed E-state index contributed by atoms with van der Waals surface area (Å²) in [5.41, 5.74) is 1.80. The van der Waals surface area contributed by atoms with Crippen molar-refractivity contribution in [1.29, 1.82) is 10.5 Å². The number of benzene rings is 2. The molecule has 2 aliphatic rings. The van der Waals surface area contributed by atoms with Gasteiger partial charge in [-0.2, -0.15) is 10.5 Å². The smallest absolute Gasteiger partial charge is 0.249 e. The van der Waals surface area contributed by atoms with Gasteiger partial charge in [0.2, 0.25) is 5.91 Å². The number of nitrogens with zero attached hydrogens (tertiary/aromatic N) is 4. The Balaban J connectivity index is 1.24. The Morgan fingerprint density at radius 1 is 1.00 bits per heavy atom. The lowest BCUT2D eigenvalue weighted by Crippen LogP contribution is -2.37. The largest absolute Gasteiger partial charge is 0.347 e. The normalized spacial score (nSPS) is 22.2. The maximum absolute atomic E-state index is 14.3. The van der Waals surface area contributed by atoms with E-state index >= 15 is 0 Å². The van der Waals surface area contributed by atoms with Crippen molar-refractivity contribution in [1.82, 2.24) is 9.63 Å². The summed E-state index contributed by atoms with van der Waals surface area (Å²) in [6.07, 6.45) is 5.50. The molecule has 2 heterocycles. The van der Waals surface area contributed by atoms with E-state index in [4.69, 9.17) is 15.4 Å². The molecule has 2 fully saturated rings. The quantitative estimate of drug-likeness (QED) is 0.509. The van der Waals surface area contributed by atoms with Crippen molar-refractivity contribution in [3.63, 3.8) is 0 Å². The van der Waals surface area contributed by atoms with E-state index in [0.717, 1.165) is 12.8 Å². The monoisotopic (exact) mass is 474 g/mol. The minimum atomic E-state index is -0.502. The average Bonchev–Trinajstić information content (AvgIpc) is 3.51. The minimum Gasteiger partial charge on any atom is -0.347 e. The Morgan fingerprint density at radius 3 is 2.49 bits per heavy atom. The highest BCUT2D eigenvalue weighted by Gasteiger charge is 2.37. The van der Waals surface area contributed by atoms with Gasteiger partial charge in [-0.15, -0.1) is 0 Å². The second-order valence-electron chi connectivity index (χ2n) is 9.38. The molecule has 0 radical (unpaired) electrons. The van der Waals surface area contributed by atoms with Crippen molar-refractivity contribution < 1.29 is 18.4 Å². The van der Waals surface area contributed by atoms with Gasteiger partial charge in [0.1, 0.15) is 11.6 Å². The highest BCUT2D eigenvalue weighted by molar-refractivity contribution is 5.82. The second kappa shape index (κ2) is 9.48. The zero-order valence-electron chi connectivity index (χ0n) is 19.1. The fraction of sp³-hybridized carbons (Fsp3) is 0.370. The topological polar surface area (TPSA) is 82.0 Å². The third kappa shape index (κ3) is 4.50. The summed E-state index contributed by atoms with van der Waals surface area (Å²) in [5, 5.41) is 20.2. The molecule has 35 heavy (non-hydrogen) atoms. The molecule has 2 aromatic carbocycles. The number of aromatic nitrogens is 1. The average molecular weight is 475 g/mol.